The van der Waals surface area contributed by atoms with Gasteiger partial charge < -0.3 is 5.32 Å². The van der Waals surface area contributed by atoms with Gasteiger partial charge in [0.2, 0.25) is 5.91 Å². The van der Waals surface area contributed by atoms with Crippen LogP contribution in [0.15, 0.2) is 22.6 Å². The largest absolute Gasteiger partial charge is 0.355 e. The molecule has 0 fully saturated rings. The van der Waals surface area contributed by atoms with E-state index in [0.717, 1.165) is 28.1 Å². The summed E-state index contributed by atoms with van der Waals surface area (Å²) in [7, 11) is 0. The summed E-state index contributed by atoms with van der Waals surface area (Å²) >= 11 is 2.82. The van der Waals surface area contributed by atoms with Gasteiger partial charge in [-0.05, 0) is 25.8 Å². The summed E-state index contributed by atoms with van der Waals surface area (Å²) < 4.78 is 1.60. The third-order valence-electron chi connectivity index (χ3n) is 3.75. The molecule has 0 bridgehead atoms. The van der Waals surface area contributed by atoms with Crippen LogP contribution in [-0.2, 0) is 11.3 Å². The fourth-order valence-corrected chi connectivity index (χ4v) is 4.20. The first-order valence-corrected chi connectivity index (χ1v) is 9.80. The Morgan fingerprint density at radius 2 is 2.21 bits per heavy atom. The second-order valence-corrected chi connectivity index (χ2v) is 7.70. The minimum absolute atomic E-state index is 0.0357. The maximum Gasteiger partial charge on any atom is 0.263 e. The van der Waals surface area contributed by atoms with Crippen molar-refractivity contribution in [3.63, 3.8) is 0 Å². The van der Waals surface area contributed by atoms with E-state index in [4.69, 9.17) is 0 Å². The Labute approximate surface area is 150 Å². The lowest BCUT2D eigenvalue weighted by molar-refractivity contribution is -0.118. The number of unbranched alkanes of at least 4 members (excludes halogenated alkanes) is 1. The molecule has 0 aliphatic carbocycles. The van der Waals surface area contributed by atoms with E-state index in [1.807, 2.05) is 13.8 Å². The summed E-state index contributed by atoms with van der Waals surface area (Å²) in [5.74, 6) is 0.216. The molecule has 0 aliphatic heterocycles. The quantitative estimate of drug-likeness (QED) is 0.337. The van der Waals surface area contributed by atoms with Crippen molar-refractivity contribution >= 4 is 39.2 Å². The smallest absolute Gasteiger partial charge is 0.263 e. The van der Waals surface area contributed by atoms with Crippen LogP contribution in [0.3, 0.4) is 0 Å². The molecular formula is C17H23N3O2S2. The van der Waals surface area contributed by atoms with E-state index in [1.54, 1.807) is 10.6 Å². The van der Waals surface area contributed by atoms with Crippen LogP contribution in [0.25, 0.3) is 10.2 Å². The summed E-state index contributed by atoms with van der Waals surface area (Å²) in [5.41, 5.74) is 0.926. The highest BCUT2D eigenvalue weighted by atomic mass is 32.2. The lowest BCUT2D eigenvalue weighted by Gasteiger charge is -2.10. The fourth-order valence-electron chi connectivity index (χ4n) is 2.29. The predicted octanol–water partition coefficient (Wildman–Crippen LogP) is 3.27. The number of nitrogens with zero attached hydrogens (tertiary/aromatic N) is 2. The number of carbonyl (C=O) groups is 1. The average Bonchev–Trinajstić information content (AvgIpc) is 2.83. The van der Waals surface area contributed by atoms with Gasteiger partial charge in [0.15, 0.2) is 5.16 Å². The molecule has 0 aliphatic rings. The highest BCUT2D eigenvalue weighted by Gasteiger charge is 2.17. The number of rotatable bonds is 8. The Kier molecular flexibility index (Phi) is 6.62. The van der Waals surface area contributed by atoms with Crippen molar-refractivity contribution in [2.45, 2.75) is 45.3 Å². The Bertz CT molecular complexity index is 808. The molecule has 5 nitrogen and oxygen atoms in total. The number of carbonyl (C=O) groups excluding carboxylic acids is 1. The van der Waals surface area contributed by atoms with Gasteiger partial charge in [0.25, 0.3) is 5.56 Å². The summed E-state index contributed by atoms with van der Waals surface area (Å²) in [6.45, 7) is 10.8. The Morgan fingerprint density at radius 3 is 2.88 bits per heavy atom. The van der Waals surface area contributed by atoms with Crippen LogP contribution in [0.5, 0.6) is 0 Å². The average molecular weight is 366 g/mol. The molecule has 130 valence electrons. The minimum atomic E-state index is -0.0596. The van der Waals surface area contributed by atoms with Crippen molar-refractivity contribution in [1.29, 1.82) is 0 Å². The number of amides is 1. The summed E-state index contributed by atoms with van der Waals surface area (Å²) in [6.07, 6.45) is 3.69. The van der Waals surface area contributed by atoms with Crippen molar-refractivity contribution in [1.82, 2.24) is 14.9 Å². The number of hydrogen-bond donors (Lipinski definition) is 1. The Hall–Kier alpha value is -1.60. The van der Waals surface area contributed by atoms with Crippen LogP contribution in [0, 0.1) is 13.8 Å². The van der Waals surface area contributed by atoms with Crippen molar-refractivity contribution in [2.75, 3.05) is 12.3 Å². The zero-order chi connectivity index (χ0) is 17.7. The summed E-state index contributed by atoms with van der Waals surface area (Å²) in [6, 6.07) is 0. The molecule has 7 heteroatoms. The molecule has 2 aromatic rings. The third-order valence-corrected chi connectivity index (χ3v) is 5.83. The highest BCUT2D eigenvalue weighted by Crippen LogP contribution is 2.28. The second-order valence-electron chi connectivity index (χ2n) is 5.55. The van der Waals surface area contributed by atoms with E-state index >= 15 is 0 Å². The molecule has 0 radical (unpaired) electrons. The van der Waals surface area contributed by atoms with Gasteiger partial charge in [-0.2, -0.15) is 0 Å². The van der Waals surface area contributed by atoms with Gasteiger partial charge in [-0.3, -0.25) is 14.2 Å². The van der Waals surface area contributed by atoms with Crippen LogP contribution in [0.1, 0.15) is 30.2 Å². The van der Waals surface area contributed by atoms with E-state index in [0.29, 0.717) is 23.6 Å². The van der Waals surface area contributed by atoms with Crippen LogP contribution >= 0.6 is 23.1 Å². The molecule has 0 spiro atoms. The van der Waals surface area contributed by atoms with Crippen molar-refractivity contribution in [3.8, 4) is 0 Å². The van der Waals surface area contributed by atoms with Gasteiger partial charge in [-0.1, -0.05) is 31.2 Å². The zero-order valence-corrected chi connectivity index (χ0v) is 16.0. The van der Waals surface area contributed by atoms with E-state index in [9.17, 15) is 9.59 Å². The lowest BCUT2D eigenvalue weighted by Crippen LogP contribution is -2.27. The third kappa shape index (κ3) is 4.08. The van der Waals surface area contributed by atoms with Crippen molar-refractivity contribution in [3.05, 3.63) is 33.4 Å². The van der Waals surface area contributed by atoms with Gasteiger partial charge >= 0.3 is 0 Å². The van der Waals surface area contributed by atoms with Crippen molar-refractivity contribution < 1.29 is 4.79 Å². The standard InChI is InChI=1S/C17H23N3O2S2/c1-5-7-8-18-13(21)10-23-17-19-15-14(11(3)12(4)24-15)16(22)20(17)9-6-2/h6H,2,5,7-10H2,1,3-4H3,(H,18,21). The van der Waals surface area contributed by atoms with E-state index < -0.39 is 0 Å². The fraction of sp³-hybridized carbons (Fsp3) is 0.471. The number of aromatic nitrogens is 2. The molecular weight excluding hydrogens is 342 g/mol. The molecule has 0 saturated heterocycles. The number of allylic oxidation sites excluding steroid dienone is 1. The van der Waals surface area contributed by atoms with E-state index in [1.165, 1.54) is 23.1 Å². The zero-order valence-electron chi connectivity index (χ0n) is 14.3. The first-order valence-electron chi connectivity index (χ1n) is 8.00. The van der Waals surface area contributed by atoms with E-state index in [2.05, 4.69) is 23.8 Å². The Balaban J connectivity index is 2.28. The number of thioether (sulfide) groups is 1. The molecule has 0 saturated carbocycles. The molecule has 0 aromatic carbocycles. The topological polar surface area (TPSA) is 64.0 Å². The number of nitrogens with one attached hydrogen (secondary N) is 1. The number of thiophene rings is 1. The molecule has 2 heterocycles. The van der Waals surface area contributed by atoms with Gasteiger partial charge in [-0.15, -0.1) is 17.9 Å². The van der Waals surface area contributed by atoms with Crippen LogP contribution < -0.4 is 10.9 Å². The molecule has 0 atom stereocenters. The monoisotopic (exact) mass is 365 g/mol. The minimum Gasteiger partial charge on any atom is -0.355 e. The molecule has 24 heavy (non-hydrogen) atoms. The van der Waals surface area contributed by atoms with Gasteiger partial charge in [0, 0.05) is 18.0 Å². The maximum absolute atomic E-state index is 12.8. The first-order chi connectivity index (χ1) is 11.5. The molecule has 2 rings (SSSR count). The predicted molar refractivity (Wildman–Crippen MR) is 102 cm³/mol. The first kappa shape index (κ1) is 18.7. The van der Waals surface area contributed by atoms with E-state index in [-0.39, 0.29) is 17.2 Å². The molecule has 0 unspecified atom stereocenters. The summed E-state index contributed by atoms with van der Waals surface area (Å²) in [5, 5.41) is 4.12. The normalized spacial score (nSPS) is 11.0. The van der Waals surface area contributed by atoms with Crippen LogP contribution in [-0.4, -0.2) is 27.8 Å². The van der Waals surface area contributed by atoms with Crippen LogP contribution in [0.2, 0.25) is 0 Å². The SMILES string of the molecule is C=CCn1c(SCC(=O)NCCCC)nc2sc(C)c(C)c2c1=O. The highest BCUT2D eigenvalue weighted by molar-refractivity contribution is 7.99. The number of hydrogen-bond acceptors (Lipinski definition) is 5. The van der Waals surface area contributed by atoms with Gasteiger partial charge in [0.05, 0.1) is 11.1 Å². The number of aryl methyl sites for hydroxylation is 2. The maximum atomic E-state index is 12.8. The molecule has 1 amide bonds. The Morgan fingerprint density at radius 1 is 1.46 bits per heavy atom. The molecule has 1 N–H and O–H groups in total. The van der Waals surface area contributed by atoms with Gasteiger partial charge in [0.1, 0.15) is 4.83 Å². The van der Waals surface area contributed by atoms with Crippen LogP contribution in [0.4, 0.5) is 0 Å². The second kappa shape index (κ2) is 8.48. The van der Waals surface area contributed by atoms with Gasteiger partial charge in [-0.25, -0.2) is 4.98 Å². The lowest BCUT2D eigenvalue weighted by atomic mass is 10.2. The van der Waals surface area contributed by atoms with Crippen molar-refractivity contribution in [2.24, 2.45) is 0 Å². The number of fused-ring (bicyclic) bond motifs is 1. The summed E-state index contributed by atoms with van der Waals surface area (Å²) in [4.78, 5) is 31.2. The molecule has 2 aromatic heterocycles.